The third-order valence-electron chi connectivity index (χ3n) is 5.12. The first-order valence-corrected chi connectivity index (χ1v) is 10.2. The highest BCUT2D eigenvalue weighted by atomic mass is 19.4. The Morgan fingerprint density at radius 3 is 2.07 bits per heavy atom. The van der Waals surface area contributed by atoms with Gasteiger partial charge in [0.05, 0.1) is 22.6 Å². The van der Waals surface area contributed by atoms with Crippen molar-refractivity contribution in [3.8, 4) is 11.3 Å². The number of benzene rings is 1. The monoisotopic (exact) mass is 408 g/mol. The molecule has 0 spiro atoms. The summed E-state index contributed by atoms with van der Waals surface area (Å²) < 4.78 is 41.6. The van der Waals surface area contributed by atoms with Gasteiger partial charge in [-0.2, -0.15) is 13.2 Å². The van der Waals surface area contributed by atoms with Gasteiger partial charge in [-0.1, -0.05) is 33.8 Å². The molecule has 0 saturated heterocycles. The van der Waals surface area contributed by atoms with Crippen LogP contribution in [0.1, 0.15) is 57.5 Å². The number of alkyl halides is 3. The van der Waals surface area contributed by atoms with Crippen molar-refractivity contribution in [2.45, 2.75) is 65.6 Å². The van der Waals surface area contributed by atoms with E-state index in [4.69, 9.17) is 4.98 Å². The van der Waals surface area contributed by atoms with Crippen molar-refractivity contribution >= 4 is 11.5 Å². The van der Waals surface area contributed by atoms with Gasteiger partial charge in [0.2, 0.25) is 0 Å². The highest BCUT2D eigenvalue weighted by Gasteiger charge is 2.35. The summed E-state index contributed by atoms with van der Waals surface area (Å²) in [5.74, 6) is 0.681. The molecule has 1 N–H and O–H groups in total. The molecule has 1 heterocycles. The van der Waals surface area contributed by atoms with E-state index in [2.05, 4.69) is 24.1 Å². The maximum Gasteiger partial charge on any atom is 0.417 e. The SMILES string of the molecule is CCc1nc(-c2ccc(N(C)C)cc2C(F)(F)F)c(CC)nc1NC(CC)CC. The maximum absolute atomic E-state index is 13.9. The van der Waals surface area contributed by atoms with Crippen LogP contribution in [0.3, 0.4) is 0 Å². The summed E-state index contributed by atoms with van der Waals surface area (Å²) in [5, 5.41) is 3.42. The van der Waals surface area contributed by atoms with Crippen LogP contribution in [-0.2, 0) is 19.0 Å². The fourth-order valence-electron chi connectivity index (χ4n) is 3.27. The Morgan fingerprint density at radius 2 is 1.59 bits per heavy atom. The van der Waals surface area contributed by atoms with Gasteiger partial charge in [0.1, 0.15) is 5.82 Å². The van der Waals surface area contributed by atoms with Crippen molar-refractivity contribution in [1.82, 2.24) is 9.97 Å². The van der Waals surface area contributed by atoms with Crippen LogP contribution in [0.4, 0.5) is 24.7 Å². The number of aromatic nitrogens is 2. The first kappa shape index (κ1) is 23.0. The second kappa shape index (κ2) is 9.46. The highest BCUT2D eigenvalue weighted by molar-refractivity contribution is 5.71. The first-order valence-electron chi connectivity index (χ1n) is 10.2. The molecule has 0 aliphatic carbocycles. The summed E-state index contributed by atoms with van der Waals surface area (Å²) in [4.78, 5) is 11.0. The third kappa shape index (κ3) is 5.19. The lowest BCUT2D eigenvalue weighted by Gasteiger charge is -2.22. The van der Waals surface area contributed by atoms with Crippen molar-refractivity contribution in [2.75, 3.05) is 24.3 Å². The Morgan fingerprint density at radius 1 is 0.966 bits per heavy atom. The molecule has 1 aromatic carbocycles. The molecule has 2 aromatic rings. The lowest BCUT2D eigenvalue weighted by Crippen LogP contribution is -2.20. The van der Waals surface area contributed by atoms with Crippen molar-refractivity contribution in [3.63, 3.8) is 0 Å². The summed E-state index contributed by atoms with van der Waals surface area (Å²) in [5.41, 5.74) is 1.46. The normalized spacial score (nSPS) is 11.8. The minimum atomic E-state index is -4.48. The zero-order chi connectivity index (χ0) is 21.8. The Hall–Kier alpha value is -2.31. The predicted octanol–water partition coefficient (Wildman–Crippen LogP) is 5.95. The molecule has 160 valence electrons. The number of nitrogens with one attached hydrogen (secondary N) is 1. The molecule has 0 fully saturated rings. The van der Waals surface area contributed by atoms with E-state index in [1.54, 1.807) is 25.1 Å². The summed E-state index contributed by atoms with van der Waals surface area (Å²) in [7, 11) is 3.44. The van der Waals surface area contributed by atoms with E-state index < -0.39 is 11.7 Å². The van der Waals surface area contributed by atoms with Gasteiger partial charge in [-0.3, -0.25) is 0 Å². The molecule has 0 atom stereocenters. The Balaban J connectivity index is 2.68. The molecule has 0 radical (unpaired) electrons. The Labute approximate surface area is 171 Å². The van der Waals surface area contributed by atoms with Crippen LogP contribution < -0.4 is 10.2 Å². The topological polar surface area (TPSA) is 41.1 Å². The van der Waals surface area contributed by atoms with E-state index in [-0.39, 0.29) is 11.6 Å². The average Bonchev–Trinajstić information content (AvgIpc) is 2.70. The van der Waals surface area contributed by atoms with Gasteiger partial charge < -0.3 is 10.2 Å². The van der Waals surface area contributed by atoms with Gasteiger partial charge in [-0.25, -0.2) is 9.97 Å². The molecule has 0 amide bonds. The Bertz CT molecular complexity index is 828. The molecule has 4 nitrogen and oxygen atoms in total. The second-order valence-corrected chi connectivity index (χ2v) is 7.30. The lowest BCUT2D eigenvalue weighted by atomic mass is 9.99. The summed E-state index contributed by atoms with van der Waals surface area (Å²) in [6.07, 6.45) is -1.52. The van der Waals surface area contributed by atoms with Crippen LogP contribution in [0.2, 0.25) is 0 Å². The van der Waals surface area contributed by atoms with Crippen LogP contribution in [0.5, 0.6) is 0 Å². The van der Waals surface area contributed by atoms with E-state index in [1.165, 1.54) is 12.1 Å². The molecule has 0 bridgehead atoms. The van der Waals surface area contributed by atoms with E-state index in [9.17, 15) is 13.2 Å². The van der Waals surface area contributed by atoms with Gasteiger partial charge in [-0.05, 0) is 37.8 Å². The first-order chi connectivity index (χ1) is 13.7. The van der Waals surface area contributed by atoms with Crippen LogP contribution in [-0.4, -0.2) is 30.1 Å². The molecule has 0 unspecified atom stereocenters. The number of nitrogens with zero attached hydrogens (tertiary/aromatic N) is 3. The van der Waals surface area contributed by atoms with Crippen molar-refractivity contribution < 1.29 is 13.2 Å². The van der Waals surface area contributed by atoms with Crippen LogP contribution in [0.25, 0.3) is 11.3 Å². The van der Waals surface area contributed by atoms with E-state index >= 15 is 0 Å². The number of hydrogen-bond donors (Lipinski definition) is 1. The number of rotatable bonds is 8. The highest BCUT2D eigenvalue weighted by Crippen LogP contribution is 2.40. The minimum absolute atomic E-state index is 0.0798. The van der Waals surface area contributed by atoms with Gasteiger partial charge in [0, 0.05) is 31.4 Å². The lowest BCUT2D eigenvalue weighted by molar-refractivity contribution is -0.137. The average molecular weight is 409 g/mol. The largest absolute Gasteiger partial charge is 0.417 e. The van der Waals surface area contributed by atoms with E-state index in [1.807, 2.05) is 13.8 Å². The number of aryl methyl sites for hydroxylation is 2. The van der Waals surface area contributed by atoms with E-state index in [0.29, 0.717) is 41.4 Å². The van der Waals surface area contributed by atoms with Gasteiger partial charge in [-0.15, -0.1) is 0 Å². The second-order valence-electron chi connectivity index (χ2n) is 7.30. The van der Waals surface area contributed by atoms with Gasteiger partial charge >= 0.3 is 6.18 Å². The summed E-state index contributed by atoms with van der Waals surface area (Å²) >= 11 is 0. The van der Waals surface area contributed by atoms with Gasteiger partial charge in [0.25, 0.3) is 0 Å². The fourth-order valence-corrected chi connectivity index (χ4v) is 3.27. The minimum Gasteiger partial charge on any atom is -0.378 e. The van der Waals surface area contributed by atoms with E-state index in [0.717, 1.165) is 12.8 Å². The standard InChI is InChI=1S/C22H31F3N4/c1-7-14(8-2)26-21-19(10-4)27-20(18(9-3)28-21)16-12-11-15(29(5)6)13-17(16)22(23,24)25/h11-14H,7-10H2,1-6H3,(H,26,28). The Kier molecular flexibility index (Phi) is 7.49. The van der Waals surface area contributed by atoms with Gasteiger partial charge in [0.15, 0.2) is 0 Å². The number of anilines is 2. The number of halogens is 3. The smallest absolute Gasteiger partial charge is 0.378 e. The predicted molar refractivity (Wildman–Crippen MR) is 114 cm³/mol. The van der Waals surface area contributed by atoms with Crippen molar-refractivity contribution in [3.05, 3.63) is 35.2 Å². The summed E-state index contributed by atoms with van der Waals surface area (Å²) in [6.45, 7) is 8.02. The molecular formula is C22H31F3N4. The van der Waals surface area contributed by atoms with Crippen molar-refractivity contribution in [2.24, 2.45) is 0 Å². The van der Waals surface area contributed by atoms with Crippen LogP contribution >= 0.6 is 0 Å². The molecule has 0 saturated carbocycles. The molecular weight excluding hydrogens is 377 g/mol. The molecule has 0 aliphatic rings. The zero-order valence-corrected chi connectivity index (χ0v) is 18.1. The fraction of sp³-hybridized carbons (Fsp3) is 0.545. The van der Waals surface area contributed by atoms with Crippen molar-refractivity contribution in [1.29, 1.82) is 0 Å². The van der Waals surface area contributed by atoms with Crippen LogP contribution in [0, 0.1) is 0 Å². The molecule has 7 heteroatoms. The molecule has 2 rings (SSSR count). The van der Waals surface area contributed by atoms with Crippen LogP contribution in [0.15, 0.2) is 18.2 Å². The molecule has 29 heavy (non-hydrogen) atoms. The third-order valence-corrected chi connectivity index (χ3v) is 5.12. The quantitative estimate of drug-likeness (QED) is 0.586. The summed E-state index contributed by atoms with van der Waals surface area (Å²) in [6, 6.07) is 4.64. The molecule has 1 aromatic heterocycles. The molecule has 0 aliphatic heterocycles. The zero-order valence-electron chi connectivity index (χ0n) is 18.1. The maximum atomic E-state index is 13.9. The number of hydrogen-bond acceptors (Lipinski definition) is 4.